The first-order chi connectivity index (χ1) is 49.0. The summed E-state index contributed by atoms with van der Waals surface area (Å²) in [6.07, 6.45) is 18.1. The number of halogens is 3. The molecule has 4 atom stereocenters. The zero-order valence-corrected chi connectivity index (χ0v) is 71.0. The second-order valence-electron chi connectivity index (χ2n) is 29.8. The standard InChI is InChI=1S/C21H21NO3S.C16H20O2S.C13H14OS.C11H13BrOS.C11H13BrS.C8H8ClNO2.C5H8O/c1-4-25-20(23)16-7-9-17(22-14-16)8-5-15-6-10-19-18(13-15)21(2,3)11-12-26(19)24;1-15(2)9-10-19(18)14-6-5-12(11-13(14)15)7-8-16(3,4)17;1-4-10-5-6-12-11(9-10)13(2,3)7-8-15(12)14;1-11(2)5-6-14(13)10-4-3-8(12)7-9(10)11;1-11(2)5-6-13-10-4-3-8(12)7-9(10)11;1-2-12-8(11)6-3-4-7(9)10-5-6;1-4-5(2,3)6/h6-7,9-10,13-14H,4,11-12H2,1-3H3;5-6,11,17H,9-10H2,1-4H3;1,5-6,9H,7-8H2,2-3H3;3-4,7H,5-6H2,1-2H3;3-4,7H,5-6H2,1-2H3;3-5H,2H2,1H3;1,6H,2-3H3. The summed E-state index contributed by atoms with van der Waals surface area (Å²) in [7, 11) is -3.44. The van der Waals surface area contributed by atoms with Crippen molar-refractivity contribution in [2.45, 2.75) is 206 Å². The highest BCUT2D eigenvalue weighted by Gasteiger charge is 2.35. The van der Waals surface area contributed by atoms with Gasteiger partial charge in [0.1, 0.15) is 22.0 Å². The number of thioether (sulfide) groups is 1. The minimum absolute atomic E-state index is 0.000467. The zero-order chi connectivity index (χ0) is 78.0. The van der Waals surface area contributed by atoms with E-state index < -0.39 is 54.4 Å². The lowest BCUT2D eigenvalue weighted by Crippen LogP contribution is -2.27. The molecule has 0 amide bonds. The van der Waals surface area contributed by atoms with Crippen LogP contribution >= 0.6 is 55.2 Å². The maximum absolute atomic E-state index is 12.2. The average molecular weight is 1660 g/mol. The normalized spacial score (nSPS) is 18.8. The molecule has 0 saturated heterocycles. The molecule has 0 bridgehead atoms. The molecule has 0 saturated carbocycles. The molecule has 12 nitrogen and oxygen atoms in total. The third-order valence-electron chi connectivity index (χ3n) is 18.0. The number of esters is 2. The Labute approximate surface area is 659 Å². The number of nitrogens with zero attached hydrogens (tertiary/aromatic N) is 2. The Morgan fingerprint density at radius 1 is 0.505 bits per heavy atom. The van der Waals surface area contributed by atoms with Crippen LogP contribution in [0.15, 0.2) is 161 Å². The number of rotatable bonds is 4. The fraction of sp³-hybridized carbons (Fsp3) is 0.412. The van der Waals surface area contributed by atoms with E-state index in [1.165, 1.54) is 45.1 Å². The van der Waals surface area contributed by atoms with Crippen LogP contribution in [0.25, 0.3) is 0 Å². The van der Waals surface area contributed by atoms with E-state index in [2.05, 4.69) is 171 Å². The van der Waals surface area contributed by atoms with Gasteiger partial charge in [-0.2, -0.15) is 0 Å². The van der Waals surface area contributed by atoms with Gasteiger partial charge in [-0.25, -0.2) is 19.6 Å². The number of ether oxygens (including phenoxy) is 2. The Kier molecular flexibility index (Phi) is 31.9. The summed E-state index contributed by atoms with van der Waals surface area (Å²) in [6, 6.07) is 36.7. The first kappa shape index (κ1) is 87.6. The van der Waals surface area contributed by atoms with E-state index in [0.29, 0.717) is 46.4 Å². The number of fused-ring (bicyclic) bond motifs is 5. The van der Waals surface area contributed by atoms with Crippen molar-refractivity contribution in [2.75, 3.05) is 42.0 Å². The van der Waals surface area contributed by atoms with Gasteiger partial charge < -0.3 is 19.7 Å². The third kappa shape index (κ3) is 25.9. The van der Waals surface area contributed by atoms with Crippen molar-refractivity contribution >= 4 is 110 Å². The Balaban J connectivity index is 0.000000198. The number of hydrogen-bond acceptors (Lipinski definition) is 13. The van der Waals surface area contributed by atoms with Gasteiger partial charge in [0.15, 0.2) is 0 Å². The average Bonchev–Trinajstić information content (AvgIpc) is 0.785. The fourth-order valence-corrected chi connectivity index (χ4v) is 20.4. The van der Waals surface area contributed by atoms with Gasteiger partial charge >= 0.3 is 11.9 Å². The van der Waals surface area contributed by atoms with Gasteiger partial charge in [-0.15, -0.1) is 24.6 Å². The van der Waals surface area contributed by atoms with Crippen molar-refractivity contribution in [3.8, 4) is 48.4 Å². The molecule has 2 aromatic heterocycles. The van der Waals surface area contributed by atoms with Crippen LogP contribution in [0, 0.1) is 48.4 Å². The summed E-state index contributed by atoms with van der Waals surface area (Å²) in [5.74, 6) is 20.2. The molecule has 4 unspecified atom stereocenters. The number of pyridine rings is 2. The van der Waals surface area contributed by atoms with Crippen LogP contribution in [-0.2, 0) is 79.7 Å². The minimum atomic E-state index is -0.992. The van der Waals surface area contributed by atoms with Crippen molar-refractivity contribution < 1.29 is 46.1 Å². The maximum Gasteiger partial charge on any atom is 0.339 e. The molecule has 5 aromatic carbocycles. The zero-order valence-electron chi connectivity index (χ0n) is 63.0. The molecule has 2 N–H and O–H groups in total. The van der Waals surface area contributed by atoms with Gasteiger partial charge in [-0.05, 0) is 255 Å². The van der Waals surface area contributed by atoms with E-state index in [1.807, 2.05) is 78.5 Å². The largest absolute Gasteiger partial charge is 0.462 e. The van der Waals surface area contributed by atoms with Crippen LogP contribution in [0.5, 0.6) is 0 Å². The van der Waals surface area contributed by atoms with Crippen molar-refractivity contribution in [2.24, 2.45) is 0 Å². The molecule has 7 aromatic rings. The maximum atomic E-state index is 12.2. The van der Waals surface area contributed by atoms with Gasteiger partial charge in [-0.3, -0.25) is 16.8 Å². The molecule has 20 heteroatoms. The second kappa shape index (κ2) is 38.2. The lowest BCUT2D eigenvalue weighted by Gasteiger charge is -2.32. The lowest BCUT2D eigenvalue weighted by molar-refractivity contribution is 0.0516. The molecule has 558 valence electrons. The van der Waals surface area contributed by atoms with Crippen LogP contribution in [0.4, 0.5) is 0 Å². The van der Waals surface area contributed by atoms with Crippen LogP contribution in [-0.4, -0.2) is 102 Å². The van der Waals surface area contributed by atoms with Crippen molar-refractivity contribution in [1.82, 2.24) is 9.97 Å². The first-order valence-corrected chi connectivity index (χ1v) is 42.8. The molecule has 12 rings (SSSR count). The highest BCUT2D eigenvalue weighted by atomic mass is 79.9. The minimum Gasteiger partial charge on any atom is -0.462 e. The number of aromatic nitrogens is 2. The molecular formula is C85H97Br2ClN2O10S5. The van der Waals surface area contributed by atoms with Crippen LogP contribution in [0.2, 0.25) is 5.15 Å². The summed E-state index contributed by atoms with van der Waals surface area (Å²) in [6.45, 7) is 32.8. The van der Waals surface area contributed by atoms with E-state index in [0.717, 1.165) is 100 Å². The summed E-state index contributed by atoms with van der Waals surface area (Å²) in [5, 5.41) is 18.6. The highest BCUT2D eigenvalue weighted by Crippen LogP contribution is 2.44. The van der Waals surface area contributed by atoms with E-state index >= 15 is 0 Å². The SMILES string of the molecule is C#CC(C)(C)O.C#Cc1ccc2c(c1)C(C)(C)CCS2=O.CC(C)(O)C#Cc1ccc2c(c1)C(C)(C)CCS2=O.CC1(C)CCS(=O)c2ccc(Br)cc21.CC1(C)CCSc2ccc(Br)cc21.CCOC(=O)c1ccc(C#Cc2ccc3c(c2)C(C)(C)CCS3=O)nc1.CCOC(=O)c1ccc(Cl)nc1. The number of hydrogen-bond donors (Lipinski definition) is 2. The van der Waals surface area contributed by atoms with Gasteiger partial charge in [-0.1, -0.05) is 142 Å². The first-order valence-electron chi connectivity index (χ1n) is 34.6. The van der Waals surface area contributed by atoms with Crippen LogP contribution < -0.4 is 0 Å². The molecule has 5 aliphatic heterocycles. The number of benzene rings is 5. The van der Waals surface area contributed by atoms with E-state index in [-0.39, 0.29) is 33.6 Å². The van der Waals surface area contributed by atoms with Gasteiger partial charge in [0.25, 0.3) is 0 Å². The predicted molar refractivity (Wildman–Crippen MR) is 439 cm³/mol. The van der Waals surface area contributed by atoms with Crippen LogP contribution in [0.3, 0.4) is 0 Å². The Morgan fingerprint density at radius 3 is 1.27 bits per heavy atom. The Hall–Kier alpha value is -6.30. The smallest absolute Gasteiger partial charge is 0.339 e. The monoisotopic (exact) mass is 1660 g/mol. The van der Waals surface area contributed by atoms with E-state index in [1.54, 1.807) is 65.8 Å². The van der Waals surface area contributed by atoms with Crippen molar-refractivity contribution in [3.63, 3.8) is 0 Å². The van der Waals surface area contributed by atoms with Gasteiger partial charge in [0, 0.05) is 85.5 Å². The van der Waals surface area contributed by atoms with Crippen molar-refractivity contribution in [1.29, 1.82) is 0 Å². The Bertz CT molecular complexity index is 4590. The number of aliphatic hydroxyl groups is 2. The number of terminal acetylenes is 2. The third-order valence-corrected chi connectivity index (χ3v) is 25.9. The summed E-state index contributed by atoms with van der Waals surface area (Å²) >= 11 is 14.5. The number of carbonyl (C=O) groups excluding carboxylic acids is 2. The van der Waals surface area contributed by atoms with E-state index in [4.69, 9.17) is 39.0 Å². The highest BCUT2D eigenvalue weighted by molar-refractivity contribution is 9.10. The second-order valence-corrected chi connectivity index (χ2v) is 39.3. The van der Waals surface area contributed by atoms with Gasteiger partial charge in [0.2, 0.25) is 0 Å². The van der Waals surface area contributed by atoms with Crippen LogP contribution in [0.1, 0.15) is 214 Å². The van der Waals surface area contributed by atoms with Crippen molar-refractivity contribution in [3.05, 3.63) is 203 Å². The number of carbonyl (C=O) groups is 2. The van der Waals surface area contributed by atoms with E-state index in [9.17, 15) is 31.5 Å². The molecule has 0 spiro atoms. The molecule has 5 aliphatic rings. The quantitative estimate of drug-likeness (QED) is 0.0964. The molecule has 105 heavy (non-hydrogen) atoms. The lowest BCUT2D eigenvalue weighted by atomic mass is 9.81. The topological polar surface area (TPSA) is 187 Å². The molecule has 0 aliphatic carbocycles. The molecule has 7 heterocycles. The summed E-state index contributed by atoms with van der Waals surface area (Å²) in [4.78, 5) is 35.9. The summed E-state index contributed by atoms with van der Waals surface area (Å²) in [5.41, 5.74) is 8.87. The Morgan fingerprint density at radius 2 is 0.876 bits per heavy atom. The molecule has 0 radical (unpaired) electrons. The molecular weight excluding hydrogens is 1560 g/mol. The molecule has 0 fully saturated rings. The predicted octanol–water partition coefficient (Wildman–Crippen LogP) is 18.3. The fourth-order valence-electron chi connectivity index (χ4n) is 11.2. The summed E-state index contributed by atoms with van der Waals surface area (Å²) < 4.78 is 59.8. The van der Waals surface area contributed by atoms with Gasteiger partial charge in [0.05, 0.1) is 67.5 Å².